The SMILES string of the molecule is COc1ccc2cc(CN(C)C(=O)COC(=O)c3n[nH]c(=O)c4ccccc34)ccc2c1. The molecule has 0 saturated carbocycles. The maximum absolute atomic E-state index is 12.5. The first-order valence-electron chi connectivity index (χ1n) is 9.91. The maximum atomic E-state index is 12.5. The number of H-pyrrole nitrogens is 1. The number of esters is 1. The van der Waals surface area contributed by atoms with E-state index in [2.05, 4.69) is 10.2 Å². The highest BCUT2D eigenvalue weighted by atomic mass is 16.5. The fraction of sp³-hybridized carbons (Fsp3) is 0.167. The van der Waals surface area contributed by atoms with Gasteiger partial charge in [-0.25, -0.2) is 9.89 Å². The summed E-state index contributed by atoms with van der Waals surface area (Å²) in [5.74, 6) is -0.357. The number of nitrogens with zero attached hydrogens (tertiary/aromatic N) is 2. The van der Waals surface area contributed by atoms with Crippen molar-refractivity contribution < 1.29 is 19.1 Å². The van der Waals surface area contributed by atoms with Gasteiger partial charge < -0.3 is 14.4 Å². The van der Waals surface area contributed by atoms with E-state index in [9.17, 15) is 14.4 Å². The van der Waals surface area contributed by atoms with Crippen LogP contribution in [0.4, 0.5) is 0 Å². The Bertz CT molecular complexity index is 1380. The van der Waals surface area contributed by atoms with Crippen LogP contribution in [0.15, 0.2) is 65.5 Å². The van der Waals surface area contributed by atoms with Gasteiger partial charge in [-0.3, -0.25) is 9.59 Å². The molecule has 1 heterocycles. The van der Waals surface area contributed by atoms with Crippen LogP contribution in [0.5, 0.6) is 5.75 Å². The number of ether oxygens (including phenoxy) is 2. The third-order valence-electron chi connectivity index (χ3n) is 5.17. The van der Waals surface area contributed by atoms with E-state index in [0.717, 1.165) is 22.1 Å². The molecule has 0 aliphatic heterocycles. The Kier molecular flexibility index (Phi) is 5.85. The van der Waals surface area contributed by atoms with E-state index in [4.69, 9.17) is 9.47 Å². The Morgan fingerprint density at radius 2 is 1.72 bits per heavy atom. The zero-order valence-electron chi connectivity index (χ0n) is 17.6. The lowest BCUT2D eigenvalue weighted by atomic mass is 10.1. The molecule has 8 heteroatoms. The molecular weight excluding hydrogens is 410 g/mol. The molecule has 0 aliphatic carbocycles. The first-order chi connectivity index (χ1) is 15.5. The van der Waals surface area contributed by atoms with E-state index in [1.54, 1.807) is 38.4 Å². The van der Waals surface area contributed by atoms with Crippen molar-refractivity contribution in [2.45, 2.75) is 6.54 Å². The van der Waals surface area contributed by atoms with Crippen LogP contribution in [0.25, 0.3) is 21.5 Å². The number of hydrogen-bond acceptors (Lipinski definition) is 6. The van der Waals surface area contributed by atoms with Crippen molar-refractivity contribution in [2.24, 2.45) is 0 Å². The highest BCUT2D eigenvalue weighted by Crippen LogP contribution is 2.22. The second-order valence-electron chi connectivity index (χ2n) is 7.32. The Morgan fingerprint density at radius 3 is 2.50 bits per heavy atom. The Balaban J connectivity index is 1.41. The number of amides is 1. The molecule has 3 aromatic carbocycles. The standard InChI is InChI=1S/C24H21N3O5/c1-27(13-15-7-8-17-12-18(31-2)10-9-16(17)11-15)21(28)14-32-24(30)22-19-5-3-4-6-20(19)23(29)26-25-22/h3-12H,13-14H2,1-2H3,(H,26,29). The highest BCUT2D eigenvalue weighted by Gasteiger charge is 2.18. The number of fused-ring (bicyclic) bond motifs is 2. The van der Waals surface area contributed by atoms with Crippen LogP contribution >= 0.6 is 0 Å². The van der Waals surface area contributed by atoms with Crippen molar-refractivity contribution in [3.63, 3.8) is 0 Å². The molecule has 32 heavy (non-hydrogen) atoms. The summed E-state index contributed by atoms with van der Waals surface area (Å²) in [6, 6.07) is 18.3. The smallest absolute Gasteiger partial charge is 0.359 e. The van der Waals surface area contributed by atoms with Gasteiger partial charge in [0.2, 0.25) is 0 Å². The molecule has 0 aliphatic rings. The first-order valence-corrected chi connectivity index (χ1v) is 9.91. The molecule has 0 atom stereocenters. The number of benzene rings is 3. The molecule has 4 rings (SSSR count). The van der Waals surface area contributed by atoms with Crippen molar-refractivity contribution in [1.29, 1.82) is 0 Å². The third kappa shape index (κ3) is 4.29. The van der Waals surface area contributed by atoms with E-state index in [-0.39, 0.29) is 11.6 Å². The Labute approximate surface area is 183 Å². The molecule has 0 bridgehead atoms. The van der Waals surface area contributed by atoms with Crippen molar-refractivity contribution in [2.75, 3.05) is 20.8 Å². The second-order valence-corrected chi connectivity index (χ2v) is 7.32. The summed E-state index contributed by atoms with van der Waals surface area (Å²) in [6.07, 6.45) is 0. The van der Waals surface area contributed by atoms with Gasteiger partial charge in [0.25, 0.3) is 11.5 Å². The fourth-order valence-corrected chi connectivity index (χ4v) is 3.44. The van der Waals surface area contributed by atoms with Crippen molar-refractivity contribution in [1.82, 2.24) is 15.1 Å². The van der Waals surface area contributed by atoms with Gasteiger partial charge in [0.15, 0.2) is 12.3 Å². The normalized spacial score (nSPS) is 10.8. The number of rotatable bonds is 6. The van der Waals surface area contributed by atoms with Crippen LogP contribution in [-0.2, 0) is 16.1 Å². The molecule has 1 N–H and O–H groups in total. The van der Waals surface area contributed by atoms with E-state index >= 15 is 0 Å². The van der Waals surface area contributed by atoms with Gasteiger partial charge in [0.1, 0.15) is 5.75 Å². The van der Waals surface area contributed by atoms with Crippen LogP contribution in [-0.4, -0.2) is 47.7 Å². The average Bonchev–Trinajstić information content (AvgIpc) is 2.82. The molecule has 0 saturated heterocycles. The zero-order chi connectivity index (χ0) is 22.7. The summed E-state index contributed by atoms with van der Waals surface area (Å²) in [5.41, 5.74) is 0.500. The average molecular weight is 431 g/mol. The van der Waals surface area contributed by atoms with E-state index in [1.165, 1.54) is 4.90 Å². The molecular formula is C24H21N3O5. The number of likely N-dealkylation sites (N-methyl/N-ethyl adjacent to an activating group) is 1. The van der Waals surface area contributed by atoms with E-state index in [0.29, 0.717) is 17.3 Å². The maximum Gasteiger partial charge on any atom is 0.359 e. The number of aromatic nitrogens is 2. The summed E-state index contributed by atoms with van der Waals surface area (Å²) >= 11 is 0. The number of methoxy groups -OCH3 is 1. The van der Waals surface area contributed by atoms with Crippen LogP contribution < -0.4 is 10.3 Å². The van der Waals surface area contributed by atoms with Crippen molar-refractivity contribution in [3.05, 3.63) is 82.3 Å². The minimum absolute atomic E-state index is 0.0411. The van der Waals surface area contributed by atoms with E-state index in [1.807, 2.05) is 36.4 Å². The number of carbonyl (C=O) groups is 2. The lowest BCUT2D eigenvalue weighted by molar-refractivity contribution is -0.133. The van der Waals surface area contributed by atoms with Gasteiger partial charge in [0.05, 0.1) is 12.5 Å². The largest absolute Gasteiger partial charge is 0.497 e. The van der Waals surface area contributed by atoms with Gasteiger partial charge >= 0.3 is 5.97 Å². The number of aromatic amines is 1. The Hall–Kier alpha value is -4.20. The predicted octanol–water partition coefficient (Wildman–Crippen LogP) is 2.90. The second kappa shape index (κ2) is 8.89. The monoisotopic (exact) mass is 431 g/mol. The lowest BCUT2D eigenvalue weighted by Gasteiger charge is -2.17. The van der Waals surface area contributed by atoms with Crippen molar-refractivity contribution >= 4 is 33.4 Å². The van der Waals surface area contributed by atoms with Crippen LogP contribution in [0.2, 0.25) is 0 Å². The van der Waals surface area contributed by atoms with Gasteiger partial charge in [-0.1, -0.05) is 36.4 Å². The molecule has 1 aromatic heterocycles. The molecule has 0 radical (unpaired) electrons. The van der Waals surface area contributed by atoms with Crippen LogP contribution in [0, 0.1) is 0 Å². The molecule has 162 valence electrons. The van der Waals surface area contributed by atoms with Crippen LogP contribution in [0.1, 0.15) is 16.1 Å². The zero-order valence-corrected chi connectivity index (χ0v) is 17.6. The summed E-state index contributed by atoms with van der Waals surface area (Å²) in [4.78, 5) is 38.3. The van der Waals surface area contributed by atoms with Gasteiger partial charge in [-0.2, -0.15) is 5.10 Å². The minimum Gasteiger partial charge on any atom is -0.497 e. The van der Waals surface area contributed by atoms with Gasteiger partial charge in [-0.15, -0.1) is 0 Å². The topological polar surface area (TPSA) is 102 Å². The number of carbonyl (C=O) groups excluding carboxylic acids is 2. The summed E-state index contributed by atoms with van der Waals surface area (Å²) in [5, 5.41) is 8.84. The fourth-order valence-electron chi connectivity index (χ4n) is 3.44. The van der Waals surface area contributed by atoms with E-state index < -0.39 is 18.1 Å². The summed E-state index contributed by atoms with van der Waals surface area (Å²) < 4.78 is 10.4. The molecule has 0 spiro atoms. The summed E-state index contributed by atoms with van der Waals surface area (Å²) in [7, 11) is 3.26. The molecule has 8 nitrogen and oxygen atoms in total. The molecule has 4 aromatic rings. The van der Waals surface area contributed by atoms with Crippen LogP contribution in [0.3, 0.4) is 0 Å². The minimum atomic E-state index is -0.779. The quantitative estimate of drug-likeness (QED) is 0.471. The number of nitrogens with one attached hydrogen (secondary N) is 1. The number of hydrogen-bond donors (Lipinski definition) is 1. The lowest BCUT2D eigenvalue weighted by Crippen LogP contribution is -2.31. The molecule has 0 unspecified atom stereocenters. The molecule has 0 fully saturated rings. The van der Waals surface area contributed by atoms with Gasteiger partial charge in [-0.05, 0) is 40.6 Å². The first kappa shape index (κ1) is 21.0. The van der Waals surface area contributed by atoms with Gasteiger partial charge in [0, 0.05) is 19.0 Å². The predicted molar refractivity (Wildman–Crippen MR) is 120 cm³/mol. The summed E-state index contributed by atoms with van der Waals surface area (Å²) in [6.45, 7) is -0.0760. The Morgan fingerprint density at radius 1 is 1.00 bits per heavy atom. The van der Waals surface area contributed by atoms with Crippen molar-refractivity contribution in [3.8, 4) is 5.75 Å². The third-order valence-corrected chi connectivity index (χ3v) is 5.17. The molecule has 1 amide bonds. The highest BCUT2D eigenvalue weighted by molar-refractivity contribution is 6.02.